The summed E-state index contributed by atoms with van der Waals surface area (Å²) in [7, 11) is 0. The molecule has 62 heavy (non-hydrogen) atoms. The van der Waals surface area contributed by atoms with Crippen molar-refractivity contribution in [2.24, 2.45) is 9.98 Å². The molecule has 0 fully saturated rings. The van der Waals surface area contributed by atoms with E-state index in [0.29, 0.717) is 0 Å². The fraction of sp³-hybridized carbons (Fsp3) is 0. The molecule has 2 aliphatic rings. The average molecular weight is 785 g/mol. The van der Waals surface area contributed by atoms with E-state index in [2.05, 4.69) is 218 Å². The Kier molecular flexibility index (Phi) is 7.64. The Morgan fingerprint density at radius 2 is 0.758 bits per heavy atom. The molecule has 0 amide bonds. The molecule has 0 saturated carbocycles. The van der Waals surface area contributed by atoms with Gasteiger partial charge in [-0.05, 0) is 107 Å². The second-order valence-electron chi connectivity index (χ2n) is 16.3. The van der Waals surface area contributed by atoms with E-state index in [4.69, 9.17) is 9.98 Å². The lowest BCUT2D eigenvalue weighted by atomic mass is 9.80. The lowest BCUT2D eigenvalue weighted by Crippen LogP contribution is -2.02. The molecule has 2 heterocycles. The van der Waals surface area contributed by atoms with E-state index in [1.165, 1.54) is 71.3 Å². The number of hydrogen-bond donors (Lipinski definition) is 0. The fourth-order valence-corrected chi connectivity index (χ4v) is 10.4. The van der Waals surface area contributed by atoms with Crippen molar-refractivity contribution >= 4 is 43.7 Å². The van der Waals surface area contributed by atoms with Gasteiger partial charge in [-0.3, -0.25) is 0 Å². The van der Waals surface area contributed by atoms with Crippen molar-refractivity contribution in [3.05, 3.63) is 240 Å². The Balaban J connectivity index is 1.16. The number of hydrogen-bond acceptors (Lipinski definition) is 2. The minimum atomic E-state index is 0.955. The fourth-order valence-electron chi connectivity index (χ4n) is 10.4. The molecule has 0 atom stereocenters. The maximum absolute atomic E-state index is 5.38. The van der Waals surface area contributed by atoms with Gasteiger partial charge in [0, 0.05) is 27.1 Å². The number of benzene rings is 11. The zero-order chi connectivity index (χ0) is 40.7. The quantitative estimate of drug-likeness (QED) is 0.155. The molecule has 11 aromatic rings. The molecular formula is C60H36N2. The highest BCUT2D eigenvalue weighted by atomic mass is 14.8. The van der Waals surface area contributed by atoms with Crippen LogP contribution in [0.1, 0.15) is 0 Å². The van der Waals surface area contributed by atoms with Crippen molar-refractivity contribution in [2.45, 2.75) is 0 Å². The molecule has 0 aromatic heterocycles. The Labute approximate surface area is 358 Å². The van der Waals surface area contributed by atoms with Gasteiger partial charge in [-0.1, -0.05) is 194 Å². The maximum Gasteiger partial charge on any atom is 0.0817 e. The second-order valence-corrected chi connectivity index (χ2v) is 16.3. The third-order valence-electron chi connectivity index (χ3n) is 13.0. The Morgan fingerprint density at radius 1 is 0.242 bits per heavy atom. The normalized spacial score (nSPS) is 12.1. The van der Waals surface area contributed by atoms with Gasteiger partial charge < -0.3 is 0 Å². The van der Waals surface area contributed by atoms with Crippen LogP contribution in [0, 0.1) is 10.4 Å². The van der Waals surface area contributed by atoms with Crippen LogP contribution in [0.3, 0.4) is 0 Å². The van der Waals surface area contributed by atoms with Crippen LogP contribution < -0.4 is 10.7 Å². The highest BCUT2D eigenvalue weighted by molar-refractivity contribution is 6.29. The minimum Gasteiger partial charge on any atom is -0.248 e. The molecule has 2 heteroatoms. The molecule has 0 spiro atoms. The van der Waals surface area contributed by atoms with E-state index in [-0.39, 0.29) is 0 Å². The van der Waals surface area contributed by atoms with Crippen LogP contribution in [0.15, 0.2) is 228 Å². The zero-order valence-electron chi connectivity index (χ0n) is 33.7. The van der Waals surface area contributed by atoms with Gasteiger partial charge >= 0.3 is 0 Å². The van der Waals surface area contributed by atoms with Crippen LogP contribution in [0.4, 0.5) is 11.4 Å². The summed E-state index contributed by atoms with van der Waals surface area (Å²) in [5, 5.41) is 11.8. The minimum absolute atomic E-state index is 0.955. The van der Waals surface area contributed by atoms with Gasteiger partial charge in [-0.2, -0.15) is 0 Å². The zero-order valence-corrected chi connectivity index (χ0v) is 33.7. The predicted octanol–water partition coefficient (Wildman–Crippen LogP) is 15.0. The first kappa shape index (κ1) is 34.6. The Hall–Kier alpha value is -8.20. The molecule has 0 bridgehead atoms. The first-order chi connectivity index (χ1) is 30.8. The van der Waals surface area contributed by atoms with E-state index in [9.17, 15) is 0 Å². The molecule has 0 aliphatic carbocycles. The third-order valence-corrected chi connectivity index (χ3v) is 13.0. The SMILES string of the molecule is c1ccc(-c2ccccc2-c2ccccc2-c2ccc3c(c2-c2ccccc2-c2cccc4c5ccccc5c5ccccc5c24)-c2c4c(ccc2=N3)=c2ccccc2=N4)cc1. The van der Waals surface area contributed by atoms with Crippen LogP contribution >= 0.6 is 0 Å². The molecule has 0 radical (unpaired) electrons. The summed E-state index contributed by atoms with van der Waals surface area (Å²) in [6, 6.07) is 79.5. The molecule has 0 unspecified atom stereocenters. The summed E-state index contributed by atoms with van der Waals surface area (Å²) in [5.41, 5.74) is 16.0. The molecule has 0 saturated heterocycles. The highest BCUT2D eigenvalue weighted by Gasteiger charge is 2.29. The van der Waals surface area contributed by atoms with Gasteiger partial charge in [-0.25, -0.2) is 9.98 Å². The van der Waals surface area contributed by atoms with Crippen LogP contribution in [0.5, 0.6) is 0 Å². The lowest BCUT2D eigenvalue weighted by molar-refractivity contribution is 1.36. The van der Waals surface area contributed by atoms with Crippen LogP contribution in [0.25, 0.3) is 99.1 Å². The molecule has 11 aromatic carbocycles. The molecule has 2 aliphatic heterocycles. The Bertz CT molecular complexity index is 3880. The summed E-state index contributed by atoms with van der Waals surface area (Å²) in [6.07, 6.45) is 0. The monoisotopic (exact) mass is 784 g/mol. The lowest BCUT2D eigenvalue weighted by Gasteiger charge is -2.22. The number of para-hydroxylation sites is 1. The van der Waals surface area contributed by atoms with Gasteiger partial charge in [0.25, 0.3) is 0 Å². The van der Waals surface area contributed by atoms with Gasteiger partial charge in [0.1, 0.15) is 0 Å². The second kappa shape index (κ2) is 13.7. The molecule has 2 nitrogen and oxygen atoms in total. The van der Waals surface area contributed by atoms with Crippen LogP contribution in [-0.4, -0.2) is 0 Å². The predicted molar refractivity (Wildman–Crippen MR) is 257 cm³/mol. The van der Waals surface area contributed by atoms with E-state index in [1.54, 1.807) is 0 Å². The van der Waals surface area contributed by atoms with Crippen LogP contribution in [-0.2, 0) is 0 Å². The van der Waals surface area contributed by atoms with E-state index < -0.39 is 0 Å². The van der Waals surface area contributed by atoms with Crippen molar-refractivity contribution < 1.29 is 0 Å². The van der Waals surface area contributed by atoms with Gasteiger partial charge in [-0.15, -0.1) is 0 Å². The summed E-state index contributed by atoms with van der Waals surface area (Å²) >= 11 is 0. The highest BCUT2D eigenvalue weighted by Crippen LogP contribution is 2.53. The summed E-state index contributed by atoms with van der Waals surface area (Å²) in [4.78, 5) is 10.7. The summed E-state index contributed by atoms with van der Waals surface area (Å²) < 4.78 is 0. The van der Waals surface area contributed by atoms with E-state index in [1.807, 2.05) is 0 Å². The van der Waals surface area contributed by atoms with Crippen molar-refractivity contribution in [1.29, 1.82) is 0 Å². The topological polar surface area (TPSA) is 24.7 Å². The van der Waals surface area contributed by atoms with Gasteiger partial charge in [0.15, 0.2) is 0 Å². The first-order valence-electron chi connectivity index (χ1n) is 21.3. The van der Waals surface area contributed by atoms with E-state index in [0.717, 1.165) is 60.3 Å². The molecule has 286 valence electrons. The molecule has 0 N–H and O–H groups in total. The van der Waals surface area contributed by atoms with Crippen molar-refractivity contribution in [1.82, 2.24) is 0 Å². The summed E-state index contributed by atoms with van der Waals surface area (Å²) in [5.74, 6) is 0. The van der Waals surface area contributed by atoms with Gasteiger partial charge in [0.2, 0.25) is 0 Å². The maximum atomic E-state index is 5.38. The van der Waals surface area contributed by atoms with E-state index >= 15 is 0 Å². The largest absolute Gasteiger partial charge is 0.248 e. The average Bonchev–Trinajstić information content (AvgIpc) is 3.93. The van der Waals surface area contributed by atoms with Crippen molar-refractivity contribution in [3.63, 3.8) is 0 Å². The van der Waals surface area contributed by atoms with Gasteiger partial charge in [0.05, 0.1) is 22.1 Å². The number of fused-ring (bicyclic) bond motifs is 12. The molecular weight excluding hydrogens is 749 g/mol. The molecule has 13 rings (SSSR count). The van der Waals surface area contributed by atoms with Crippen molar-refractivity contribution in [2.75, 3.05) is 0 Å². The first-order valence-corrected chi connectivity index (χ1v) is 21.3. The van der Waals surface area contributed by atoms with Crippen LogP contribution in [0.2, 0.25) is 0 Å². The number of rotatable bonds is 5. The standard InChI is InChI=1S/C60H36N2/c1-2-17-37(18-3-1)38-19-4-5-20-39(38)40-21-6-9-25-44(40)51-33-35-54-58(59-55(61-54)36-34-52-46-27-14-15-32-53(46)62-60(52)59)57(51)50-29-13-11-26-45(50)49-31-16-30-48-43-23-8-7-22-41(43)42-24-10-12-28-47(42)56(48)49/h1-36H. The number of nitrogens with zero attached hydrogens (tertiary/aromatic N) is 2. The third kappa shape index (κ3) is 5.11. The van der Waals surface area contributed by atoms with Crippen molar-refractivity contribution in [3.8, 4) is 66.8 Å². The smallest absolute Gasteiger partial charge is 0.0817 e. The Morgan fingerprint density at radius 3 is 1.48 bits per heavy atom. The summed E-state index contributed by atoms with van der Waals surface area (Å²) in [6.45, 7) is 0.